The maximum atomic E-state index is 5.92. The number of aromatic nitrogens is 2. The second kappa shape index (κ2) is 10.3. The van der Waals surface area contributed by atoms with Gasteiger partial charge in [0.25, 0.3) is 0 Å². The normalized spacial score (nSPS) is 11.1. The quantitative estimate of drug-likeness (QED) is 0.307. The Morgan fingerprint density at radius 1 is 1.35 bits per heavy atom. The first-order valence-corrected chi connectivity index (χ1v) is 7.82. The summed E-state index contributed by atoms with van der Waals surface area (Å²) < 4.78 is 2.15. The number of unbranched alkanes of at least 4 members (excludes halogenated alkanes) is 1. The zero-order valence-electron chi connectivity index (χ0n) is 13.8. The van der Waals surface area contributed by atoms with E-state index >= 15 is 0 Å². The Labute approximate surface area is 155 Å². The van der Waals surface area contributed by atoms with Crippen LogP contribution in [0.1, 0.15) is 31.2 Å². The number of aliphatic imine (C=N–C) groups is 1. The van der Waals surface area contributed by atoms with E-state index in [1.165, 1.54) is 5.56 Å². The molecule has 2 rings (SSSR count). The maximum Gasteiger partial charge on any atom is 0.193 e. The highest BCUT2D eigenvalue weighted by Gasteiger charge is 1.98. The summed E-state index contributed by atoms with van der Waals surface area (Å²) in [5, 5.41) is 3.14. The van der Waals surface area contributed by atoms with E-state index in [2.05, 4.69) is 38.9 Å². The van der Waals surface area contributed by atoms with E-state index in [9.17, 15) is 0 Å². The molecule has 0 radical (unpaired) electrons. The Kier molecular flexibility index (Phi) is 8.68. The molecule has 0 bridgehead atoms. The van der Waals surface area contributed by atoms with Gasteiger partial charge in [-0.25, -0.2) is 4.98 Å². The molecule has 2 aromatic rings. The van der Waals surface area contributed by atoms with E-state index < -0.39 is 0 Å². The number of hydrogen-bond acceptors (Lipinski definition) is 2. The monoisotopic (exact) mass is 427 g/mol. The number of halogens is 1. The number of anilines is 1. The molecular formula is C17H26IN5. The van der Waals surface area contributed by atoms with E-state index in [-0.39, 0.29) is 24.0 Å². The summed E-state index contributed by atoms with van der Waals surface area (Å²) in [5.41, 5.74) is 8.20. The van der Waals surface area contributed by atoms with Crippen molar-refractivity contribution in [2.75, 3.05) is 11.9 Å². The van der Waals surface area contributed by atoms with Crippen molar-refractivity contribution < 1.29 is 0 Å². The predicted molar refractivity (Wildman–Crippen MR) is 108 cm³/mol. The van der Waals surface area contributed by atoms with Gasteiger partial charge in [0, 0.05) is 31.2 Å². The average molecular weight is 427 g/mol. The van der Waals surface area contributed by atoms with Gasteiger partial charge >= 0.3 is 0 Å². The van der Waals surface area contributed by atoms with Crippen molar-refractivity contribution in [3.05, 3.63) is 48.0 Å². The summed E-state index contributed by atoms with van der Waals surface area (Å²) in [5.74, 6) is 1.53. The molecule has 23 heavy (non-hydrogen) atoms. The third-order valence-electron chi connectivity index (χ3n) is 3.62. The van der Waals surface area contributed by atoms with Crippen molar-refractivity contribution in [2.24, 2.45) is 10.7 Å². The molecule has 0 amide bonds. The summed E-state index contributed by atoms with van der Waals surface area (Å²) in [7, 11) is 0. The van der Waals surface area contributed by atoms with Crippen LogP contribution in [0.3, 0.4) is 0 Å². The van der Waals surface area contributed by atoms with E-state index in [1.807, 2.05) is 31.5 Å². The van der Waals surface area contributed by atoms with Crippen molar-refractivity contribution in [1.82, 2.24) is 9.55 Å². The molecule has 3 N–H and O–H groups in total. The van der Waals surface area contributed by atoms with Crippen molar-refractivity contribution in [2.45, 2.75) is 39.7 Å². The highest BCUT2D eigenvalue weighted by molar-refractivity contribution is 14.0. The number of nitrogens with two attached hydrogens (primary N) is 1. The summed E-state index contributed by atoms with van der Waals surface area (Å²) in [6, 6.07) is 8.24. The first-order chi connectivity index (χ1) is 10.7. The summed E-state index contributed by atoms with van der Waals surface area (Å²) in [4.78, 5) is 8.58. The molecule has 0 aliphatic rings. The molecule has 0 atom stereocenters. The zero-order valence-corrected chi connectivity index (χ0v) is 16.2. The van der Waals surface area contributed by atoms with Crippen LogP contribution in [0.4, 0.5) is 5.69 Å². The first-order valence-electron chi connectivity index (χ1n) is 7.82. The molecule has 0 fully saturated rings. The lowest BCUT2D eigenvalue weighted by Gasteiger charge is -2.07. The molecular weight excluding hydrogens is 401 g/mol. The molecule has 0 unspecified atom stereocenters. The van der Waals surface area contributed by atoms with Gasteiger partial charge in [-0.2, -0.15) is 0 Å². The molecule has 1 aromatic heterocycles. The second-order valence-electron chi connectivity index (χ2n) is 5.32. The number of hydrogen-bond donors (Lipinski definition) is 2. The minimum Gasteiger partial charge on any atom is -0.370 e. The topological polar surface area (TPSA) is 68.2 Å². The molecule has 1 heterocycles. The van der Waals surface area contributed by atoms with Gasteiger partial charge in [0.2, 0.25) is 0 Å². The Morgan fingerprint density at radius 3 is 2.87 bits per heavy atom. The van der Waals surface area contributed by atoms with Crippen LogP contribution in [-0.4, -0.2) is 22.1 Å². The number of guanidine groups is 1. The summed E-state index contributed by atoms with van der Waals surface area (Å²) in [6.07, 6.45) is 6.93. The molecule has 0 aliphatic heterocycles. The lowest BCUT2D eigenvalue weighted by molar-refractivity contribution is 0.602. The molecule has 0 saturated carbocycles. The number of rotatable bonds is 7. The predicted octanol–water partition coefficient (Wildman–Crippen LogP) is 3.58. The Bertz CT molecular complexity index is 621. The Morgan fingerprint density at radius 2 is 2.17 bits per heavy atom. The van der Waals surface area contributed by atoms with Crippen LogP contribution in [0.2, 0.25) is 0 Å². The number of nitrogens with zero attached hydrogens (tertiary/aromatic N) is 3. The van der Waals surface area contributed by atoms with Crippen molar-refractivity contribution in [3.8, 4) is 0 Å². The standard InChI is InChI=1S/C17H25N5.HI/c1-3-15-7-6-8-16(13-15)21-17(18)20-9-4-5-11-22-12-10-19-14(22)2;/h6-8,10,12-13H,3-5,9,11H2,1-2H3,(H3,18,20,21);1H. The Balaban J connectivity index is 0.00000264. The minimum absolute atomic E-state index is 0. The van der Waals surface area contributed by atoms with Gasteiger partial charge in [0.05, 0.1) is 0 Å². The molecule has 0 saturated heterocycles. The molecule has 0 spiro atoms. The fourth-order valence-electron chi connectivity index (χ4n) is 2.29. The highest BCUT2D eigenvalue weighted by atomic mass is 127. The lowest BCUT2D eigenvalue weighted by atomic mass is 10.1. The second-order valence-corrected chi connectivity index (χ2v) is 5.32. The minimum atomic E-state index is 0. The zero-order chi connectivity index (χ0) is 15.8. The fraction of sp³-hybridized carbons (Fsp3) is 0.412. The number of aryl methyl sites for hydroxylation is 3. The molecule has 0 aliphatic carbocycles. The van der Waals surface area contributed by atoms with E-state index in [1.54, 1.807) is 0 Å². The van der Waals surface area contributed by atoms with Crippen molar-refractivity contribution in [1.29, 1.82) is 0 Å². The van der Waals surface area contributed by atoms with Crippen molar-refractivity contribution in [3.63, 3.8) is 0 Å². The van der Waals surface area contributed by atoms with Gasteiger partial charge in [0.1, 0.15) is 5.82 Å². The van der Waals surface area contributed by atoms with Crippen LogP contribution in [0, 0.1) is 6.92 Å². The third-order valence-corrected chi connectivity index (χ3v) is 3.62. The smallest absolute Gasteiger partial charge is 0.193 e. The summed E-state index contributed by atoms with van der Waals surface area (Å²) >= 11 is 0. The van der Waals surface area contributed by atoms with Gasteiger partial charge < -0.3 is 15.6 Å². The fourth-order valence-corrected chi connectivity index (χ4v) is 2.29. The summed E-state index contributed by atoms with van der Waals surface area (Å²) in [6.45, 7) is 5.87. The van der Waals surface area contributed by atoms with E-state index in [0.717, 1.165) is 43.9 Å². The van der Waals surface area contributed by atoms with E-state index in [4.69, 9.17) is 5.73 Å². The van der Waals surface area contributed by atoms with Crippen LogP contribution in [-0.2, 0) is 13.0 Å². The first kappa shape index (κ1) is 19.5. The maximum absolute atomic E-state index is 5.92. The number of nitrogens with one attached hydrogen (secondary N) is 1. The average Bonchev–Trinajstić information content (AvgIpc) is 2.92. The number of imidazole rings is 1. The molecule has 126 valence electrons. The molecule has 5 nitrogen and oxygen atoms in total. The van der Waals surface area contributed by atoms with Gasteiger partial charge in [-0.15, -0.1) is 24.0 Å². The molecule has 6 heteroatoms. The van der Waals surface area contributed by atoms with Crippen LogP contribution in [0.5, 0.6) is 0 Å². The van der Waals surface area contributed by atoms with Gasteiger partial charge in [-0.3, -0.25) is 4.99 Å². The van der Waals surface area contributed by atoms with Crippen LogP contribution < -0.4 is 11.1 Å². The SMILES string of the molecule is CCc1cccc(NC(N)=NCCCCn2ccnc2C)c1.I. The number of benzene rings is 1. The van der Waals surface area contributed by atoms with Gasteiger partial charge in [-0.05, 0) is 43.9 Å². The molecule has 1 aromatic carbocycles. The van der Waals surface area contributed by atoms with Gasteiger partial charge in [-0.1, -0.05) is 19.1 Å². The Hall–Kier alpha value is -1.57. The van der Waals surface area contributed by atoms with Crippen LogP contribution in [0.25, 0.3) is 0 Å². The van der Waals surface area contributed by atoms with Crippen LogP contribution >= 0.6 is 24.0 Å². The van der Waals surface area contributed by atoms with Crippen molar-refractivity contribution >= 4 is 35.6 Å². The highest BCUT2D eigenvalue weighted by Crippen LogP contribution is 2.10. The van der Waals surface area contributed by atoms with E-state index in [0.29, 0.717) is 5.96 Å². The van der Waals surface area contributed by atoms with Crippen LogP contribution in [0.15, 0.2) is 41.7 Å². The largest absolute Gasteiger partial charge is 0.370 e. The lowest BCUT2D eigenvalue weighted by Crippen LogP contribution is -2.22. The third kappa shape index (κ3) is 6.60. The van der Waals surface area contributed by atoms with Gasteiger partial charge in [0.15, 0.2) is 5.96 Å².